The van der Waals surface area contributed by atoms with E-state index in [-0.39, 0.29) is 92.9 Å². The number of aryl methyl sites for hydroxylation is 1. The molecule has 2 aromatic heterocycles. The number of benzene rings is 2. The number of aromatic nitrogens is 2. The average Bonchev–Trinajstić information content (AvgIpc) is 3.75. The topological polar surface area (TPSA) is 283 Å². The Balaban J connectivity index is 1.00. The first-order valence-electron chi connectivity index (χ1n) is 25.0. The van der Waals surface area contributed by atoms with Crippen molar-refractivity contribution < 1.29 is 52.9 Å². The van der Waals surface area contributed by atoms with Crippen LogP contribution in [-0.4, -0.2) is 120 Å². The van der Waals surface area contributed by atoms with Crippen LogP contribution in [0.25, 0.3) is 22.3 Å². The number of anilines is 1. The smallest absolute Gasteiger partial charge is 0.415 e. The van der Waals surface area contributed by atoms with Gasteiger partial charge in [0.2, 0.25) is 17.7 Å². The van der Waals surface area contributed by atoms with Crippen LogP contribution < -0.4 is 37.3 Å². The highest BCUT2D eigenvalue weighted by Crippen LogP contribution is 2.41. The number of aliphatic hydroxyl groups is 1. The van der Waals surface area contributed by atoms with Crippen LogP contribution in [0.1, 0.15) is 100 Å². The lowest BCUT2D eigenvalue weighted by Crippen LogP contribution is -2.54. The van der Waals surface area contributed by atoms with E-state index in [4.69, 9.17) is 32.8 Å². The molecule has 22 heteroatoms. The molecule has 2 aromatic carbocycles. The number of amides is 7. The molecule has 0 fully saturated rings. The Hall–Kier alpha value is -7.49. The van der Waals surface area contributed by atoms with Crippen LogP contribution in [0.15, 0.2) is 53.3 Å². The van der Waals surface area contributed by atoms with Gasteiger partial charge in [0.25, 0.3) is 5.56 Å². The SMILES string of the molecule is [B]CCCCCC(=O)N[C@H](C(=O)N[C@@H](CCCNC(N)=O)C(=O)Nc1ccc(COC(=O)N(C)CCN(C)C(=O)Oc2ccc3nc4c(c(CC)c3c2)Cn2c-4cc3c(c2=O)COC(=O)[C@]3(O)CC)cc1)C(C)C. The number of hydrogen-bond donors (Lipinski definition) is 6. The summed E-state index contributed by atoms with van der Waals surface area (Å²) in [5.41, 5.74) is 7.75. The number of cyclic esters (lactones) is 1. The molecule has 0 spiro atoms. The minimum Gasteiger partial charge on any atom is -0.458 e. The van der Waals surface area contributed by atoms with Crippen molar-refractivity contribution in [3.05, 3.63) is 86.7 Å². The molecule has 0 aliphatic carbocycles. The van der Waals surface area contributed by atoms with E-state index in [1.807, 2.05) is 6.92 Å². The van der Waals surface area contributed by atoms with Crippen LogP contribution >= 0.6 is 0 Å². The number of urea groups is 1. The largest absolute Gasteiger partial charge is 0.458 e. The Bertz CT molecular complexity index is 2820. The average molecular weight is 1020 g/mol. The number of nitrogens with one attached hydrogen (secondary N) is 4. The van der Waals surface area contributed by atoms with Crippen LogP contribution in [0.4, 0.5) is 20.1 Å². The summed E-state index contributed by atoms with van der Waals surface area (Å²) in [6.07, 6.45) is 2.73. The number of primary amides is 1. The summed E-state index contributed by atoms with van der Waals surface area (Å²) in [5, 5.41) is 22.8. The molecule has 394 valence electrons. The number of hydrogen-bond acceptors (Lipinski definition) is 13. The number of nitrogens with zero attached hydrogens (tertiary/aromatic N) is 4. The second kappa shape index (κ2) is 25.0. The number of fused-ring (bicyclic) bond motifs is 5. The third-order valence-corrected chi connectivity index (χ3v) is 13.3. The van der Waals surface area contributed by atoms with E-state index >= 15 is 0 Å². The van der Waals surface area contributed by atoms with Gasteiger partial charge in [0, 0.05) is 62.4 Å². The predicted molar refractivity (Wildman–Crippen MR) is 275 cm³/mol. The predicted octanol–water partition coefficient (Wildman–Crippen LogP) is 4.50. The molecule has 0 bridgehead atoms. The molecule has 6 rings (SSSR count). The number of nitrogens with two attached hydrogens (primary N) is 1. The molecule has 7 N–H and O–H groups in total. The summed E-state index contributed by atoms with van der Waals surface area (Å²) in [4.78, 5) is 111. The standard InChI is InChI=1S/C52H66BN9O12/c1-7-34-35-25-33(19-20-39(35)57-44-36(34)27-62-41(44)26-38-37(47(62)66)29-72-48(67)52(38,71)8-2)74-51(70)61(6)24-23-60(5)50(69)73-28-31-15-17-32(18-16-31)56-45(64)40(13-12-22-55-49(54)68)58-46(65)43(30(3)4)59-42(63)14-10-9-11-21-53/h15-20,25-26,30,40,43,71H,7-14,21-24,27-29H2,1-6H3,(H,56,64)(H,58,65)(H,59,63)(H3,54,55,68)/t40-,43-,52-/m0/s1. The van der Waals surface area contributed by atoms with Crippen LogP contribution in [0, 0.1) is 5.92 Å². The van der Waals surface area contributed by atoms with E-state index < -0.39 is 53.7 Å². The maximum absolute atomic E-state index is 13.7. The number of esters is 1. The molecule has 0 unspecified atom stereocenters. The maximum Gasteiger partial charge on any atom is 0.415 e. The van der Waals surface area contributed by atoms with E-state index in [9.17, 15) is 43.5 Å². The fraction of sp³-hybridized carbons (Fsp3) is 0.481. The highest BCUT2D eigenvalue weighted by Gasteiger charge is 2.45. The normalized spacial score (nSPS) is 15.2. The number of ether oxygens (including phenoxy) is 3. The van der Waals surface area contributed by atoms with Crippen molar-refractivity contribution in [3.8, 4) is 17.1 Å². The molecule has 7 amide bonds. The molecule has 0 saturated heterocycles. The van der Waals surface area contributed by atoms with Gasteiger partial charge < -0.3 is 60.7 Å². The zero-order valence-electron chi connectivity index (χ0n) is 42.8. The maximum atomic E-state index is 13.7. The number of likely N-dealkylation sites (N-methyl/N-ethyl adjacent to an activating group) is 2. The van der Waals surface area contributed by atoms with Gasteiger partial charge in [0.05, 0.1) is 36.9 Å². The molecular weight excluding hydrogens is 953 g/mol. The summed E-state index contributed by atoms with van der Waals surface area (Å²) in [6, 6.07) is 10.6. The summed E-state index contributed by atoms with van der Waals surface area (Å²) in [6.45, 7) is 7.48. The van der Waals surface area contributed by atoms with Crippen LogP contribution in [0.2, 0.25) is 6.32 Å². The first-order chi connectivity index (χ1) is 35.3. The van der Waals surface area contributed by atoms with Gasteiger partial charge in [0.1, 0.15) is 31.0 Å². The highest BCUT2D eigenvalue weighted by atomic mass is 16.6. The van der Waals surface area contributed by atoms with Crippen LogP contribution in [0.3, 0.4) is 0 Å². The Morgan fingerprint density at radius 1 is 0.919 bits per heavy atom. The molecule has 21 nitrogen and oxygen atoms in total. The van der Waals surface area contributed by atoms with Gasteiger partial charge in [-0.3, -0.25) is 19.2 Å². The minimum atomic E-state index is -1.94. The van der Waals surface area contributed by atoms with Crippen molar-refractivity contribution in [2.75, 3.05) is 39.0 Å². The molecule has 0 saturated carbocycles. The second-order valence-electron chi connectivity index (χ2n) is 18.9. The van der Waals surface area contributed by atoms with Crippen molar-refractivity contribution in [3.63, 3.8) is 0 Å². The number of carbonyl (C=O) groups is 7. The molecule has 4 heterocycles. The van der Waals surface area contributed by atoms with Gasteiger partial charge in [-0.05, 0) is 85.5 Å². The van der Waals surface area contributed by atoms with Crippen LogP contribution in [-0.2, 0) is 60.4 Å². The van der Waals surface area contributed by atoms with Crippen molar-refractivity contribution in [2.45, 2.75) is 123 Å². The van der Waals surface area contributed by atoms with Gasteiger partial charge in [-0.2, -0.15) is 0 Å². The Kier molecular flexibility index (Phi) is 18.8. The first-order valence-corrected chi connectivity index (χ1v) is 25.0. The highest BCUT2D eigenvalue weighted by molar-refractivity contribution is 6.08. The zero-order valence-corrected chi connectivity index (χ0v) is 42.8. The monoisotopic (exact) mass is 1020 g/mol. The summed E-state index contributed by atoms with van der Waals surface area (Å²) in [5.74, 6) is -2.14. The Morgan fingerprint density at radius 2 is 1.64 bits per heavy atom. The van der Waals surface area contributed by atoms with Gasteiger partial charge >= 0.3 is 24.2 Å². The first kappa shape index (κ1) is 55.8. The lowest BCUT2D eigenvalue weighted by Gasteiger charge is -2.31. The zero-order chi connectivity index (χ0) is 53.9. The van der Waals surface area contributed by atoms with Gasteiger partial charge in [-0.25, -0.2) is 24.2 Å². The van der Waals surface area contributed by atoms with Crippen LogP contribution in [0.5, 0.6) is 5.75 Å². The van der Waals surface area contributed by atoms with Gasteiger partial charge in [-0.15, -0.1) is 0 Å². The molecule has 2 radical (unpaired) electrons. The molecular formula is C52H66BN9O12. The van der Waals surface area contributed by atoms with Gasteiger partial charge in [0.15, 0.2) is 5.60 Å². The van der Waals surface area contributed by atoms with Crippen molar-refractivity contribution >= 4 is 66.3 Å². The van der Waals surface area contributed by atoms with Gasteiger partial charge in [-0.1, -0.05) is 59.0 Å². The lowest BCUT2D eigenvalue weighted by atomic mass is 9.86. The fourth-order valence-corrected chi connectivity index (χ4v) is 8.87. The van der Waals surface area contributed by atoms with Crippen molar-refractivity contribution in [1.29, 1.82) is 0 Å². The molecule has 4 aromatic rings. The molecule has 2 aliphatic rings. The van der Waals surface area contributed by atoms with E-state index in [2.05, 4.69) is 21.3 Å². The number of carbonyl (C=O) groups excluding carboxylic acids is 7. The fourth-order valence-electron chi connectivity index (χ4n) is 8.87. The van der Waals surface area contributed by atoms with E-state index in [1.165, 1.54) is 23.9 Å². The van der Waals surface area contributed by atoms with E-state index in [0.29, 0.717) is 53.7 Å². The quantitative estimate of drug-likeness (QED) is 0.0299. The lowest BCUT2D eigenvalue weighted by molar-refractivity contribution is -0.172. The van der Waals surface area contributed by atoms with E-state index in [0.717, 1.165) is 29.4 Å². The van der Waals surface area contributed by atoms with E-state index in [1.54, 1.807) is 73.9 Å². The van der Waals surface area contributed by atoms with Crippen molar-refractivity contribution in [2.24, 2.45) is 11.7 Å². The summed E-state index contributed by atoms with van der Waals surface area (Å²) in [7, 11) is 8.61. The number of rotatable bonds is 23. The van der Waals surface area contributed by atoms with Crippen molar-refractivity contribution in [1.82, 2.24) is 35.3 Å². The Morgan fingerprint density at radius 3 is 2.30 bits per heavy atom. The summed E-state index contributed by atoms with van der Waals surface area (Å²) >= 11 is 0. The second-order valence-corrected chi connectivity index (χ2v) is 18.9. The summed E-state index contributed by atoms with van der Waals surface area (Å²) < 4.78 is 18.0. The number of pyridine rings is 2. The molecule has 2 aliphatic heterocycles. The molecule has 3 atom stereocenters. The molecule has 74 heavy (non-hydrogen) atoms. The third kappa shape index (κ3) is 13.2. The Labute approximate surface area is 430 Å². The third-order valence-electron chi connectivity index (χ3n) is 13.3. The minimum absolute atomic E-state index is 0.0308. The number of unbranched alkanes of at least 4 members (excludes halogenated alkanes) is 2.